The van der Waals surface area contributed by atoms with Gasteiger partial charge in [0.2, 0.25) is 0 Å². The van der Waals surface area contributed by atoms with Crippen molar-refractivity contribution in [2.24, 2.45) is 0 Å². The highest BCUT2D eigenvalue weighted by Crippen LogP contribution is 2.29. The van der Waals surface area contributed by atoms with E-state index in [-0.39, 0.29) is 0 Å². The molecule has 0 aliphatic carbocycles. The van der Waals surface area contributed by atoms with Crippen LogP contribution in [0.5, 0.6) is 0 Å². The Kier molecular flexibility index (Phi) is 4.96. The van der Waals surface area contributed by atoms with Crippen molar-refractivity contribution >= 4 is 0 Å². The SMILES string of the molecule is [2H][C@]1(O)[C@]([2H])(O)[C@H](O[C@H]2[C@H](OC)O[C@H](CO)[C@H](O)[C@@H]2O)O[C@@H](C)[C@@]1([2H])O. The maximum Gasteiger partial charge on any atom is 0.187 e. The topological polar surface area (TPSA) is 158 Å². The molecule has 0 aromatic rings. The Morgan fingerprint density at radius 2 is 1.61 bits per heavy atom. The molecular weight excluding hydrogens is 316 g/mol. The van der Waals surface area contributed by atoms with Crippen LogP contribution < -0.4 is 0 Å². The summed E-state index contributed by atoms with van der Waals surface area (Å²) in [5.74, 6) is 0. The average Bonchev–Trinajstić information content (AvgIpc) is 2.56. The quantitative estimate of drug-likeness (QED) is 0.300. The minimum atomic E-state index is -3.45. The second-order valence-corrected chi connectivity index (χ2v) is 5.27. The molecule has 0 saturated carbocycles. The molecule has 136 valence electrons. The summed E-state index contributed by atoms with van der Waals surface area (Å²) in [6.07, 6.45) is -21.0. The van der Waals surface area contributed by atoms with Crippen molar-refractivity contribution in [3.8, 4) is 0 Å². The summed E-state index contributed by atoms with van der Waals surface area (Å²) >= 11 is 0. The third kappa shape index (κ3) is 3.66. The molecule has 10 nitrogen and oxygen atoms in total. The van der Waals surface area contributed by atoms with Gasteiger partial charge in [-0.1, -0.05) is 0 Å². The number of hydrogen-bond donors (Lipinski definition) is 6. The Balaban J connectivity index is 2.28. The van der Waals surface area contributed by atoms with Crippen LogP contribution in [0.2, 0.25) is 0 Å². The summed E-state index contributed by atoms with van der Waals surface area (Å²) in [7, 11) is 1.17. The van der Waals surface area contributed by atoms with Gasteiger partial charge in [-0.3, -0.25) is 0 Å². The third-order valence-electron chi connectivity index (χ3n) is 3.76. The Hall–Kier alpha value is -0.400. The summed E-state index contributed by atoms with van der Waals surface area (Å²) in [6, 6.07) is 0. The van der Waals surface area contributed by atoms with Crippen LogP contribution in [-0.2, 0) is 18.9 Å². The molecule has 0 spiro atoms. The van der Waals surface area contributed by atoms with E-state index in [4.69, 9.17) is 28.2 Å². The molecular formula is C13H24O10. The average molecular weight is 343 g/mol. The first-order valence-corrected chi connectivity index (χ1v) is 6.96. The number of rotatable bonds is 4. The Morgan fingerprint density at radius 1 is 0.957 bits per heavy atom. The highest BCUT2D eigenvalue weighted by atomic mass is 16.8. The molecule has 0 unspecified atom stereocenters. The van der Waals surface area contributed by atoms with Crippen LogP contribution in [0.15, 0.2) is 0 Å². The van der Waals surface area contributed by atoms with E-state index in [0.717, 1.165) is 6.92 Å². The maximum absolute atomic E-state index is 10.2. The lowest BCUT2D eigenvalue weighted by Gasteiger charge is -2.45. The van der Waals surface area contributed by atoms with Gasteiger partial charge in [-0.15, -0.1) is 0 Å². The van der Waals surface area contributed by atoms with E-state index in [0.29, 0.717) is 0 Å². The zero-order chi connectivity index (χ0) is 20.1. The summed E-state index contributed by atoms with van der Waals surface area (Å²) < 4.78 is 43.5. The molecule has 0 bridgehead atoms. The third-order valence-corrected chi connectivity index (χ3v) is 3.76. The molecule has 2 rings (SSSR count). The Labute approximate surface area is 137 Å². The van der Waals surface area contributed by atoms with Crippen LogP contribution in [0.3, 0.4) is 0 Å². The van der Waals surface area contributed by atoms with E-state index in [1.807, 2.05) is 0 Å². The fourth-order valence-electron chi connectivity index (χ4n) is 2.38. The van der Waals surface area contributed by atoms with Crippen molar-refractivity contribution < 1.29 is 53.7 Å². The van der Waals surface area contributed by atoms with E-state index in [1.54, 1.807) is 0 Å². The minimum Gasteiger partial charge on any atom is -0.394 e. The molecule has 10 heteroatoms. The second-order valence-electron chi connectivity index (χ2n) is 5.27. The molecule has 2 aliphatic rings. The summed E-state index contributed by atoms with van der Waals surface area (Å²) in [5.41, 5.74) is 0. The smallest absolute Gasteiger partial charge is 0.187 e. The highest BCUT2D eigenvalue weighted by molar-refractivity contribution is 4.92. The molecule has 2 aliphatic heterocycles. The molecule has 0 aromatic carbocycles. The van der Waals surface area contributed by atoms with Crippen molar-refractivity contribution in [3.63, 3.8) is 0 Å². The van der Waals surface area contributed by atoms with Gasteiger partial charge in [0.15, 0.2) is 12.6 Å². The van der Waals surface area contributed by atoms with E-state index < -0.39 is 67.9 Å². The first kappa shape index (κ1) is 14.9. The minimum absolute atomic E-state index is 0.636. The Morgan fingerprint density at radius 3 is 2.17 bits per heavy atom. The number of aliphatic hydroxyl groups excluding tert-OH is 3. The van der Waals surface area contributed by atoms with Gasteiger partial charge >= 0.3 is 0 Å². The van der Waals surface area contributed by atoms with Crippen molar-refractivity contribution in [3.05, 3.63) is 0 Å². The van der Waals surface area contributed by atoms with Gasteiger partial charge in [-0.05, 0) is 6.92 Å². The van der Waals surface area contributed by atoms with Gasteiger partial charge in [0, 0.05) is 7.11 Å². The normalized spacial score (nSPS) is 63.1. The lowest BCUT2D eigenvalue weighted by atomic mass is 9.97. The number of methoxy groups -OCH3 is 1. The Bertz CT molecular complexity index is 503. The van der Waals surface area contributed by atoms with Crippen molar-refractivity contribution in [2.75, 3.05) is 13.7 Å². The molecule has 6 N–H and O–H groups in total. The van der Waals surface area contributed by atoms with Crippen LogP contribution in [0.1, 0.15) is 11.0 Å². The van der Waals surface area contributed by atoms with E-state index in [2.05, 4.69) is 0 Å². The number of hydrogen-bond acceptors (Lipinski definition) is 10. The van der Waals surface area contributed by atoms with Gasteiger partial charge in [-0.25, -0.2) is 0 Å². The van der Waals surface area contributed by atoms with Gasteiger partial charge in [0.25, 0.3) is 0 Å². The van der Waals surface area contributed by atoms with Gasteiger partial charge in [0.1, 0.15) is 42.7 Å². The molecule has 23 heavy (non-hydrogen) atoms. The first-order valence-electron chi connectivity index (χ1n) is 8.46. The van der Waals surface area contributed by atoms with Crippen LogP contribution in [0, 0.1) is 0 Å². The molecule has 2 saturated heterocycles. The molecule has 0 amide bonds. The van der Waals surface area contributed by atoms with Gasteiger partial charge < -0.3 is 49.6 Å². The van der Waals surface area contributed by atoms with Crippen LogP contribution in [0.4, 0.5) is 0 Å². The second kappa shape index (κ2) is 7.66. The summed E-state index contributed by atoms with van der Waals surface area (Å²) in [6.45, 7) is 0.471. The number of aliphatic hydroxyl groups is 6. The van der Waals surface area contributed by atoms with E-state index in [1.165, 1.54) is 7.11 Å². The fraction of sp³-hybridized carbons (Fsp3) is 1.00. The molecule has 2 fully saturated rings. The zero-order valence-corrected chi connectivity index (χ0v) is 12.6. The molecule has 2 heterocycles. The first-order chi connectivity index (χ1) is 11.8. The predicted octanol–water partition coefficient (Wildman–Crippen LogP) is -3.72. The zero-order valence-electron chi connectivity index (χ0n) is 15.6. The highest BCUT2D eigenvalue weighted by Gasteiger charge is 2.49. The monoisotopic (exact) mass is 343 g/mol. The fourth-order valence-corrected chi connectivity index (χ4v) is 2.38. The number of ether oxygens (including phenoxy) is 4. The van der Waals surface area contributed by atoms with Crippen molar-refractivity contribution in [1.29, 1.82) is 0 Å². The lowest BCUT2D eigenvalue weighted by molar-refractivity contribution is -0.361. The van der Waals surface area contributed by atoms with Crippen LogP contribution in [0.25, 0.3) is 0 Å². The lowest BCUT2D eigenvalue weighted by Crippen LogP contribution is -2.64. The molecule has 0 aromatic heterocycles. The van der Waals surface area contributed by atoms with Crippen LogP contribution in [-0.4, -0.2) is 106 Å². The van der Waals surface area contributed by atoms with Crippen LogP contribution >= 0.6 is 0 Å². The van der Waals surface area contributed by atoms with E-state index >= 15 is 0 Å². The summed E-state index contributed by atoms with van der Waals surface area (Å²) in [4.78, 5) is 0. The molecule has 10 atom stereocenters. The standard InChI is InChI=1S/C13H24O10/c1-4-6(15)8(17)10(19)12(21-4)23-11-9(18)7(16)5(3-14)22-13(11)20-2/h4-19H,3H2,1-2H3/t4-,5+,6+,7-,8+,9-,10-,11+,12-,13+/m0/s1/i6D,8D,10D. The predicted molar refractivity (Wildman–Crippen MR) is 72.0 cm³/mol. The maximum atomic E-state index is 10.2. The largest absolute Gasteiger partial charge is 0.394 e. The van der Waals surface area contributed by atoms with Gasteiger partial charge in [-0.2, -0.15) is 0 Å². The summed E-state index contributed by atoms with van der Waals surface area (Å²) in [5, 5.41) is 59.4. The van der Waals surface area contributed by atoms with E-state index in [9.17, 15) is 25.5 Å². The van der Waals surface area contributed by atoms with Crippen molar-refractivity contribution in [2.45, 2.75) is 68.3 Å². The van der Waals surface area contributed by atoms with Crippen molar-refractivity contribution in [1.82, 2.24) is 0 Å². The molecule has 0 radical (unpaired) electrons. The van der Waals surface area contributed by atoms with Gasteiger partial charge in [0.05, 0.1) is 16.8 Å².